The first-order chi connectivity index (χ1) is 18.3. The van der Waals surface area contributed by atoms with Gasteiger partial charge in [-0.05, 0) is 86.3 Å². The van der Waals surface area contributed by atoms with Crippen molar-refractivity contribution in [1.82, 2.24) is 4.98 Å². The van der Waals surface area contributed by atoms with Crippen molar-refractivity contribution in [3.8, 4) is 0 Å². The van der Waals surface area contributed by atoms with Crippen molar-refractivity contribution < 1.29 is 13.2 Å². The molecular formula is C26H35F3N8S2. The summed E-state index contributed by atoms with van der Waals surface area (Å²) in [5.41, 5.74) is 36.9. The lowest BCUT2D eigenvalue weighted by Gasteiger charge is -2.13. The molecule has 39 heavy (non-hydrogen) atoms. The number of hydrogen-bond acceptors (Lipinski definition) is 10. The molecule has 0 radical (unpaired) electrons. The third kappa shape index (κ3) is 10.8. The molecule has 0 bridgehead atoms. The van der Waals surface area contributed by atoms with Gasteiger partial charge in [-0.25, -0.2) is 4.98 Å². The number of nitrogens with zero attached hydrogens (tertiary/aromatic N) is 2. The molecule has 0 aliphatic carbocycles. The van der Waals surface area contributed by atoms with Crippen LogP contribution in [0.15, 0.2) is 53.9 Å². The average molecular weight is 581 g/mol. The van der Waals surface area contributed by atoms with Gasteiger partial charge in [0.15, 0.2) is 10.8 Å². The van der Waals surface area contributed by atoms with Gasteiger partial charge in [-0.2, -0.15) is 13.2 Å². The zero-order valence-corrected chi connectivity index (χ0v) is 23.5. The number of rotatable bonds is 1. The van der Waals surface area contributed by atoms with Crippen LogP contribution in [0.1, 0.15) is 29.7 Å². The predicted octanol–water partition coefficient (Wildman–Crippen LogP) is 5.99. The highest BCUT2D eigenvalue weighted by Gasteiger charge is 2.33. The first-order valence-electron chi connectivity index (χ1n) is 11.9. The second-order valence-corrected chi connectivity index (χ2v) is 10.7. The zero-order valence-electron chi connectivity index (χ0n) is 21.8. The Balaban J connectivity index is 0.000000183. The van der Waals surface area contributed by atoms with Crippen LogP contribution in [0, 0.1) is 13.8 Å². The molecule has 3 heterocycles. The standard InChI is InChI=1S/C8H12N2S.2C7H10N2.C4H3F3N2S/c9-7-3-4-8(11-7)10-5-1-2-6-10;2*1-5-4-6(8)2-3-7(5)9;5-4(6,7)2-1-10-3(8)9-2/h3-4H,1-2,5-6,9H2;2*2-4H,8-9H2,1H3;1H,(H2,8,9). The fourth-order valence-electron chi connectivity index (χ4n) is 3.27. The smallest absolute Gasteiger partial charge is 0.399 e. The van der Waals surface area contributed by atoms with Crippen LogP contribution in [0.5, 0.6) is 0 Å². The second kappa shape index (κ2) is 14.4. The summed E-state index contributed by atoms with van der Waals surface area (Å²) >= 11 is 2.47. The van der Waals surface area contributed by atoms with E-state index in [4.69, 9.17) is 34.4 Å². The van der Waals surface area contributed by atoms with Gasteiger partial charge in [0.2, 0.25) is 0 Å². The molecule has 1 aliphatic rings. The van der Waals surface area contributed by atoms with Crippen molar-refractivity contribution in [3.05, 3.63) is 70.7 Å². The lowest BCUT2D eigenvalue weighted by molar-refractivity contribution is -0.140. The normalized spacial score (nSPS) is 12.4. The van der Waals surface area contributed by atoms with E-state index in [-0.39, 0.29) is 5.13 Å². The largest absolute Gasteiger partial charge is 0.434 e. The van der Waals surface area contributed by atoms with Gasteiger partial charge in [0.1, 0.15) is 0 Å². The van der Waals surface area contributed by atoms with Crippen molar-refractivity contribution >= 4 is 60.6 Å². The minimum Gasteiger partial charge on any atom is -0.399 e. The summed E-state index contributed by atoms with van der Waals surface area (Å²) in [4.78, 5) is 5.46. The molecule has 12 N–H and O–H groups in total. The average Bonchev–Trinajstić information content (AvgIpc) is 3.62. The lowest BCUT2D eigenvalue weighted by Crippen LogP contribution is -2.15. The van der Waals surface area contributed by atoms with Crippen molar-refractivity contribution in [2.75, 3.05) is 52.4 Å². The minimum absolute atomic E-state index is 0.0627. The Morgan fingerprint density at radius 3 is 1.59 bits per heavy atom. The molecule has 2 aromatic carbocycles. The van der Waals surface area contributed by atoms with Crippen LogP contribution in [-0.2, 0) is 6.18 Å². The highest BCUT2D eigenvalue weighted by atomic mass is 32.1. The molecule has 8 nitrogen and oxygen atoms in total. The van der Waals surface area contributed by atoms with Gasteiger partial charge in [0.05, 0.1) is 10.0 Å². The second-order valence-electron chi connectivity index (χ2n) is 8.67. The first kappa shape index (κ1) is 31.4. The zero-order chi connectivity index (χ0) is 29.2. The van der Waals surface area contributed by atoms with E-state index in [1.165, 1.54) is 30.9 Å². The molecular weight excluding hydrogens is 545 g/mol. The molecule has 2 aromatic heterocycles. The van der Waals surface area contributed by atoms with Gasteiger partial charge in [-0.3, -0.25) is 0 Å². The summed E-state index contributed by atoms with van der Waals surface area (Å²) in [7, 11) is 0. The number of aryl methyl sites for hydroxylation is 2. The summed E-state index contributed by atoms with van der Waals surface area (Å²) in [6, 6.07) is 15.0. The summed E-state index contributed by atoms with van der Waals surface area (Å²) < 4.78 is 35.1. The molecule has 0 saturated carbocycles. The molecule has 1 fully saturated rings. The maximum absolute atomic E-state index is 11.7. The number of aromatic nitrogens is 1. The van der Waals surface area contributed by atoms with E-state index in [0.29, 0.717) is 0 Å². The molecule has 0 atom stereocenters. The molecule has 5 rings (SSSR count). The van der Waals surface area contributed by atoms with E-state index < -0.39 is 11.9 Å². The van der Waals surface area contributed by atoms with E-state index in [9.17, 15) is 13.2 Å². The van der Waals surface area contributed by atoms with Gasteiger partial charge >= 0.3 is 6.18 Å². The number of anilines is 7. The Morgan fingerprint density at radius 1 is 0.769 bits per heavy atom. The maximum Gasteiger partial charge on any atom is 0.434 e. The molecule has 0 spiro atoms. The fraction of sp³-hybridized carbons (Fsp3) is 0.269. The maximum atomic E-state index is 11.7. The lowest BCUT2D eigenvalue weighted by atomic mass is 10.2. The number of nitrogen functional groups attached to an aromatic ring is 6. The number of thiophene rings is 1. The Bertz CT molecular complexity index is 1270. The van der Waals surface area contributed by atoms with Crippen LogP contribution in [0.4, 0.5) is 51.1 Å². The predicted molar refractivity (Wildman–Crippen MR) is 162 cm³/mol. The Hall–Kier alpha value is -3.84. The SMILES string of the molecule is Cc1cc(N)ccc1N.Cc1cc(N)ccc1N.Nc1ccc(N2CCCC2)s1.Nc1nc(C(F)(F)F)cs1. The summed E-state index contributed by atoms with van der Waals surface area (Å²) in [6.45, 7) is 6.29. The van der Waals surface area contributed by atoms with E-state index in [2.05, 4.69) is 16.0 Å². The van der Waals surface area contributed by atoms with Crippen LogP contribution in [0.2, 0.25) is 0 Å². The molecule has 1 aliphatic heterocycles. The molecule has 0 amide bonds. The van der Waals surface area contributed by atoms with Crippen molar-refractivity contribution in [2.45, 2.75) is 32.9 Å². The van der Waals surface area contributed by atoms with Crippen LogP contribution in [0.3, 0.4) is 0 Å². The number of alkyl halides is 3. The van der Waals surface area contributed by atoms with Gasteiger partial charge in [0, 0.05) is 41.2 Å². The molecule has 1 saturated heterocycles. The van der Waals surface area contributed by atoms with Crippen LogP contribution >= 0.6 is 22.7 Å². The monoisotopic (exact) mass is 580 g/mol. The highest BCUT2D eigenvalue weighted by molar-refractivity contribution is 7.19. The number of benzene rings is 2. The minimum atomic E-state index is -4.37. The molecule has 13 heteroatoms. The molecule has 212 valence electrons. The fourth-order valence-corrected chi connectivity index (χ4v) is 4.66. The van der Waals surface area contributed by atoms with Gasteiger partial charge in [-0.1, -0.05) is 0 Å². The van der Waals surface area contributed by atoms with E-state index in [0.717, 1.165) is 55.6 Å². The van der Waals surface area contributed by atoms with Crippen LogP contribution in [0.25, 0.3) is 0 Å². The topological polar surface area (TPSA) is 172 Å². The Labute approximate surface area is 234 Å². The number of hydrogen-bond donors (Lipinski definition) is 6. The number of thiazole rings is 1. The van der Waals surface area contributed by atoms with Crippen LogP contribution < -0.4 is 39.3 Å². The van der Waals surface area contributed by atoms with Crippen molar-refractivity contribution in [2.24, 2.45) is 0 Å². The number of halogens is 3. The third-order valence-corrected chi connectivity index (χ3v) is 7.08. The van der Waals surface area contributed by atoms with Crippen molar-refractivity contribution in [1.29, 1.82) is 0 Å². The van der Waals surface area contributed by atoms with Crippen LogP contribution in [-0.4, -0.2) is 18.1 Å². The molecule has 0 unspecified atom stereocenters. The Morgan fingerprint density at radius 2 is 1.28 bits per heavy atom. The van der Waals surface area contributed by atoms with E-state index in [1.807, 2.05) is 44.2 Å². The summed E-state index contributed by atoms with van der Waals surface area (Å²) in [5.74, 6) is 0. The molecule has 4 aromatic rings. The third-order valence-electron chi connectivity index (χ3n) is 5.43. The highest BCUT2D eigenvalue weighted by Crippen LogP contribution is 2.31. The Kier molecular flexibility index (Phi) is 11.5. The van der Waals surface area contributed by atoms with Crippen molar-refractivity contribution in [3.63, 3.8) is 0 Å². The summed E-state index contributed by atoms with van der Waals surface area (Å²) in [5, 5.41) is 3.08. The van der Waals surface area contributed by atoms with Gasteiger partial charge in [0.25, 0.3) is 0 Å². The van der Waals surface area contributed by atoms with E-state index >= 15 is 0 Å². The first-order valence-corrected chi connectivity index (χ1v) is 13.6. The van der Waals surface area contributed by atoms with Gasteiger partial charge < -0.3 is 39.3 Å². The van der Waals surface area contributed by atoms with E-state index in [1.54, 1.807) is 23.5 Å². The quantitative estimate of drug-likeness (QED) is 0.149. The summed E-state index contributed by atoms with van der Waals surface area (Å²) in [6.07, 6.45) is -1.70. The number of nitrogens with two attached hydrogens (primary N) is 6. The van der Waals surface area contributed by atoms with Gasteiger partial charge in [-0.15, -0.1) is 22.7 Å².